The summed E-state index contributed by atoms with van der Waals surface area (Å²) in [4.78, 5) is 10.8. The quantitative estimate of drug-likeness (QED) is 0.695. The standard InChI is InChI=1S/C11H19NO4/c1-6(13)14-5-7-4-8(12)10-9(7)15-11(2,3)16-10/h7-10H,4-5,12H2,1-3H3/t7-,8-,9-,10+/m1/s1. The van der Waals surface area contributed by atoms with Crippen molar-refractivity contribution in [3.8, 4) is 0 Å². The number of carbonyl (C=O) groups excluding carboxylic acids is 1. The molecule has 5 heteroatoms. The van der Waals surface area contributed by atoms with Gasteiger partial charge in [-0.25, -0.2) is 0 Å². The summed E-state index contributed by atoms with van der Waals surface area (Å²) < 4.78 is 16.5. The van der Waals surface area contributed by atoms with E-state index in [0.717, 1.165) is 6.42 Å². The van der Waals surface area contributed by atoms with Crippen LogP contribution in [0.15, 0.2) is 0 Å². The highest BCUT2D eigenvalue weighted by Gasteiger charge is 2.52. The Labute approximate surface area is 95.2 Å². The van der Waals surface area contributed by atoms with Gasteiger partial charge in [0.05, 0.1) is 12.7 Å². The summed E-state index contributed by atoms with van der Waals surface area (Å²) >= 11 is 0. The molecule has 1 aliphatic heterocycles. The zero-order chi connectivity index (χ0) is 11.9. The molecule has 0 aromatic heterocycles. The molecule has 92 valence electrons. The molecule has 2 rings (SSSR count). The molecule has 0 spiro atoms. The topological polar surface area (TPSA) is 70.8 Å². The summed E-state index contributed by atoms with van der Waals surface area (Å²) in [6, 6.07) is -0.0349. The second-order valence-corrected chi connectivity index (χ2v) is 5.03. The Morgan fingerprint density at radius 1 is 1.44 bits per heavy atom. The average Bonchev–Trinajstić information content (AvgIpc) is 2.59. The molecule has 1 saturated heterocycles. The van der Waals surface area contributed by atoms with Crippen molar-refractivity contribution in [2.24, 2.45) is 11.7 Å². The highest BCUT2D eigenvalue weighted by atomic mass is 16.8. The molecule has 0 aromatic rings. The summed E-state index contributed by atoms with van der Waals surface area (Å²) in [6.45, 7) is 5.52. The van der Waals surface area contributed by atoms with Gasteiger partial charge in [0, 0.05) is 18.9 Å². The number of carbonyl (C=O) groups is 1. The van der Waals surface area contributed by atoms with Gasteiger partial charge >= 0.3 is 5.97 Å². The molecule has 5 nitrogen and oxygen atoms in total. The zero-order valence-electron chi connectivity index (χ0n) is 9.93. The molecule has 2 fully saturated rings. The Morgan fingerprint density at radius 3 is 2.69 bits per heavy atom. The molecule has 1 saturated carbocycles. The van der Waals surface area contributed by atoms with Gasteiger partial charge in [0.1, 0.15) is 6.10 Å². The third-order valence-corrected chi connectivity index (χ3v) is 3.13. The van der Waals surface area contributed by atoms with Crippen LogP contribution in [0.25, 0.3) is 0 Å². The van der Waals surface area contributed by atoms with E-state index in [2.05, 4.69) is 0 Å². The largest absolute Gasteiger partial charge is 0.465 e. The maximum atomic E-state index is 10.8. The summed E-state index contributed by atoms with van der Waals surface area (Å²) in [6.07, 6.45) is 0.651. The van der Waals surface area contributed by atoms with Crippen molar-refractivity contribution in [2.45, 2.75) is 51.2 Å². The Morgan fingerprint density at radius 2 is 2.06 bits per heavy atom. The average molecular weight is 229 g/mol. The molecule has 0 aromatic carbocycles. The van der Waals surface area contributed by atoms with Crippen LogP contribution in [0, 0.1) is 5.92 Å². The van der Waals surface area contributed by atoms with E-state index in [1.807, 2.05) is 13.8 Å². The van der Waals surface area contributed by atoms with Crippen LogP contribution in [0.4, 0.5) is 0 Å². The first-order valence-corrected chi connectivity index (χ1v) is 5.63. The van der Waals surface area contributed by atoms with Crippen molar-refractivity contribution in [2.75, 3.05) is 6.61 Å². The van der Waals surface area contributed by atoms with E-state index in [0.29, 0.717) is 6.61 Å². The van der Waals surface area contributed by atoms with Gasteiger partial charge < -0.3 is 19.9 Å². The van der Waals surface area contributed by atoms with E-state index in [1.165, 1.54) is 6.92 Å². The minimum Gasteiger partial charge on any atom is -0.465 e. The summed E-state index contributed by atoms with van der Waals surface area (Å²) in [5.41, 5.74) is 5.99. The van der Waals surface area contributed by atoms with Crippen LogP contribution in [0.2, 0.25) is 0 Å². The van der Waals surface area contributed by atoms with Crippen LogP contribution in [0.5, 0.6) is 0 Å². The Hall–Kier alpha value is -0.650. The Balaban J connectivity index is 1.99. The minimum absolute atomic E-state index is 0.0349. The molecular formula is C11H19NO4. The Bertz CT molecular complexity index is 292. The highest BCUT2D eigenvalue weighted by molar-refractivity contribution is 5.65. The number of rotatable bonds is 2. The van der Waals surface area contributed by atoms with Crippen LogP contribution in [-0.2, 0) is 19.0 Å². The zero-order valence-corrected chi connectivity index (χ0v) is 9.93. The van der Waals surface area contributed by atoms with Crippen LogP contribution < -0.4 is 5.73 Å². The van der Waals surface area contributed by atoms with Crippen molar-refractivity contribution >= 4 is 5.97 Å². The first-order chi connectivity index (χ1) is 7.39. The highest BCUT2D eigenvalue weighted by Crippen LogP contribution is 2.40. The van der Waals surface area contributed by atoms with Gasteiger partial charge in [-0.05, 0) is 20.3 Å². The van der Waals surface area contributed by atoms with E-state index in [9.17, 15) is 4.79 Å². The molecule has 2 aliphatic rings. The number of ether oxygens (including phenoxy) is 3. The van der Waals surface area contributed by atoms with Gasteiger partial charge in [0.2, 0.25) is 0 Å². The second kappa shape index (κ2) is 3.98. The number of esters is 1. The number of nitrogens with two attached hydrogens (primary N) is 1. The van der Waals surface area contributed by atoms with Gasteiger partial charge in [0.15, 0.2) is 5.79 Å². The Kier molecular flexibility index (Phi) is 2.94. The molecule has 16 heavy (non-hydrogen) atoms. The maximum absolute atomic E-state index is 10.8. The molecule has 1 heterocycles. The van der Waals surface area contributed by atoms with E-state index in [4.69, 9.17) is 19.9 Å². The molecule has 0 bridgehead atoms. The lowest BCUT2D eigenvalue weighted by atomic mass is 10.1. The lowest BCUT2D eigenvalue weighted by Crippen LogP contribution is -2.35. The van der Waals surface area contributed by atoms with Crippen molar-refractivity contribution < 1.29 is 19.0 Å². The van der Waals surface area contributed by atoms with Crippen LogP contribution in [0.1, 0.15) is 27.2 Å². The minimum atomic E-state index is -0.582. The van der Waals surface area contributed by atoms with Gasteiger partial charge in [-0.3, -0.25) is 4.79 Å². The molecule has 0 radical (unpaired) electrons. The van der Waals surface area contributed by atoms with E-state index in [-0.39, 0.29) is 30.1 Å². The monoisotopic (exact) mass is 229 g/mol. The molecule has 4 atom stereocenters. The summed E-state index contributed by atoms with van der Waals surface area (Å²) in [5, 5.41) is 0. The first kappa shape index (κ1) is 11.8. The third kappa shape index (κ3) is 2.21. The van der Waals surface area contributed by atoms with Crippen LogP contribution >= 0.6 is 0 Å². The SMILES string of the molecule is CC(=O)OC[C@H]1C[C@@H](N)[C@@H]2OC(C)(C)O[C@H]12. The molecule has 0 amide bonds. The molecule has 0 unspecified atom stereocenters. The number of hydrogen-bond donors (Lipinski definition) is 1. The fourth-order valence-electron chi connectivity index (χ4n) is 2.52. The lowest BCUT2D eigenvalue weighted by molar-refractivity contribution is -0.162. The summed E-state index contributed by atoms with van der Waals surface area (Å²) in [5.74, 6) is -0.706. The van der Waals surface area contributed by atoms with Gasteiger partial charge in [-0.15, -0.1) is 0 Å². The van der Waals surface area contributed by atoms with E-state index >= 15 is 0 Å². The first-order valence-electron chi connectivity index (χ1n) is 5.63. The maximum Gasteiger partial charge on any atom is 0.302 e. The fraction of sp³-hybridized carbons (Fsp3) is 0.909. The fourth-order valence-corrected chi connectivity index (χ4v) is 2.52. The van der Waals surface area contributed by atoms with Gasteiger partial charge in [-0.2, -0.15) is 0 Å². The molecule has 2 N–H and O–H groups in total. The van der Waals surface area contributed by atoms with Crippen molar-refractivity contribution in [3.05, 3.63) is 0 Å². The third-order valence-electron chi connectivity index (χ3n) is 3.13. The van der Waals surface area contributed by atoms with Crippen LogP contribution in [-0.4, -0.2) is 36.6 Å². The van der Waals surface area contributed by atoms with E-state index in [1.54, 1.807) is 0 Å². The van der Waals surface area contributed by atoms with Gasteiger partial charge in [-0.1, -0.05) is 0 Å². The van der Waals surface area contributed by atoms with Crippen molar-refractivity contribution in [1.82, 2.24) is 0 Å². The predicted octanol–water partition coefficient (Wildman–Crippen LogP) is 0.417. The predicted molar refractivity (Wildman–Crippen MR) is 56.5 cm³/mol. The van der Waals surface area contributed by atoms with Crippen molar-refractivity contribution in [3.63, 3.8) is 0 Å². The smallest absolute Gasteiger partial charge is 0.302 e. The number of hydrogen-bond acceptors (Lipinski definition) is 5. The van der Waals surface area contributed by atoms with Crippen molar-refractivity contribution in [1.29, 1.82) is 0 Å². The molecule has 1 aliphatic carbocycles. The van der Waals surface area contributed by atoms with E-state index < -0.39 is 5.79 Å². The van der Waals surface area contributed by atoms with Crippen LogP contribution in [0.3, 0.4) is 0 Å². The molecular weight excluding hydrogens is 210 g/mol. The van der Waals surface area contributed by atoms with Gasteiger partial charge in [0.25, 0.3) is 0 Å². The summed E-state index contributed by atoms with van der Waals surface area (Å²) in [7, 11) is 0. The lowest BCUT2D eigenvalue weighted by Gasteiger charge is -2.22. The normalized spacial score (nSPS) is 40.8. The second-order valence-electron chi connectivity index (χ2n) is 5.03. The number of fused-ring (bicyclic) bond motifs is 1.